The minimum Gasteiger partial charge on any atom is -0.368 e. The quantitative estimate of drug-likeness (QED) is 0.792. The average molecular weight is 408 g/mol. The summed E-state index contributed by atoms with van der Waals surface area (Å²) in [6.45, 7) is -0.156. The summed E-state index contributed by atoms with van der Waals surface area (Å²) in [4.78, 5) is 25.2. The molecule has 2 aromatic carbocycles. The maximum Gasteiger partial charge on any atom is 0.241 e. The molecule has 0 spiro atoms. The van der Waals surface area contributed by atoms with Crippen molar-refractivity contribution < 1.29 is 9.59 Å². The van der Waals surface area contributed by atoms with E-state index in [1.54, 1.807) is 12.1 Å². The number of nitrogens with zero attached hydrogens (tertiary/aromatic N) is 1. The van der Waals surface area contributed by atoms with Gasteiger partial charge in [0, 0.05) is 16.6 Å². The van der Waals surface area contributed by atoms with Gasteiger partial charge in [0.15, 0.2) is 0 Å². The Labute approximate surface area is 153 Å². The molecule has 6 heteroatoms. The first kappa shape index (κ1) is 17.0. The van der Waals surface area contributed by atoms with Gasteiger partial charge in [0.25, 0.3) is 0 Å². The molecule has 1 aliphatic heterocycles. The monoisotopic (exact) mass is 406 g/mol. The van der Waals surface area contributed by atoms with Crippen molar-refractivity contribution in [3.63, 3.8) is 0 Å². The van der Waals surface area contributed by atoms with Crippen molar-refractivity contribution in [1.29, 1.82) is 0 Å². The Kier molecular flexibility index (Phi) is 4.92. The number of carbonyl (C=O) groups excluding carboxylic acids is 2. The lowest BCUT2D eigenvalue weighted by molar-refractivity contribution is -0.122. The molecule has 0 bridgehead atoms. The second kappa shape index (κ2) is 6.95. The van der Waals surface area contributed by atoms with E-state index in [9.17, 15) is 9.59 Å². The van der Waals surface area contributed by atoms with Crippen molar-refractivity contribution in [2.24, 2.45) is 5.73 Å². The van der Waals surface area contributed by atoms with E-state index in [-0.39, 0.29) is 18.4 Å². The average Bonchev–Trinajstić information content (AvgIpc) is 2.66. The first-order valence-electron chi connectivity index (χ1n) is 7.55. The second-order valence-electron chi connectivity index (χ2n) is 5.76. The third-order valence-electron chi connectivity index (χ3n) is 4.15. The van der Waals surface area contributed by atoms with Crippen LogP contribution in [0.5, 0.6) is 0 Å². The van der Waals surface area contributed by atoms with E-state index in [2.05, 4.69) is 15.9 Å². The predicted molar refractivity (Wildman–Crippen MR) is 98.6 cm³/mol. The number of halogens is 2. The van der Waals surface area contributed by atoms with Crippen molar-refractivity contribution in [1.82, 2.24) is 0 Å². The summed E-state index contributed by atoms with van der Waals surface area (Å²) < 4.78 is 0. The van der Waals surface area contributed by atoms with Crippen LogP contribution < -0.4 is 10.6 Å². The molecule has 2 amide bonds. The van der Waals surface area contributed by atoms with Gasteiger partial charge in [0.05, 0.1) is 4.83 Å². The number of primary amides is 1. The fourth-order valence-corrected chi connectivity index (χ4v) is 3.89. The fourth-order valence-electron chi connectivity index (χ4n) is 3.09. The van der Waals surface area contributed by atoms with Crippen LogP contribution in [-0.2, 0) is 9.59 Å². The lowest BCUT2D eigenvalue weighted by Crippen LogP contribution is -2.41. The number of nitrogens with two attached hydrogens (primary N) is 1. The fraction of sp³-hybridized carbons (Fsp3) is 0.222. The first-order valence-corrected chi connectivity index (χ1v) is 8.85. The van der Waals surface area contributed by atoms with E-state index in [1.807, 2.05) is 36.4 Å². The number of rotatable bonds is 3. The number of fused-ring (bicyclic) bond motifs is 1. The van der Waals surface area contributed by atoms with Crippen molar-refractivity contribution >= 4 is 45.0 Å². The van der Waals surface area contributed by atoms with Crippen LogP contribution in [0.1, 0.15) is 23.5 Å². The normalized spacial score (nSPS) is 20.4. The van der Waals surface area contributed by atoms with Crippen LogP contribution in [0.25, 0.3) is 0 Å². The van der Waals surface area contributed by atoms with Crippen LogP contribution in [0.4, 0.5) is 5.69 Å². The Balaban J connectivity index is 2.17. The van der Waals surface area contributed by atoms with E-state index >= 15 is 0 Å². The van der Waals surface area contributed by atoms with Gasteiger partial charge in [-0.15, -0.1) is 0 Å². The molecule has 2 atom stereocenters. The topological polar surface area (TPSA) is 63.4 Å². The number of carbonyl (C=O) groups is 2. The van der Waals surface area contributed by atoms with Crippen LogP contribution in [0.2, 0.25) is 5.02 Å². The number of benzene rings is 2. The van der Waals surface area contributed by atoms with E-state index in [1.165, 1.54) is 4.90 Å². The Morgan fingerprint density at radius 2 is 1.96 bits per heavy atom. The minimum absolute atomic E-state index is 0.00824. The highest BCUT2D eigenvalue weighted by Crippen LogP contribution is 2.41. The molecule has 0 saturated heterocycles. The molecule has 0 radical (unpaired) electrons. The highest BCUT2D eigenvalue weighted by Gasteiger charge is 2.35. The van der Waals surface area contributed by atoms with E-state index in [0.29, 0.717) is 17.1 Å². The van der Waals surface area contributed by atoms with Gasteiger partial charge in [-0.2, -0.15) is 0 Å². The van der Waals surface area contributed by atoms with Crippen molar-refractivity contribution in [2.45, 2.75) is 17.2 Å². The molecule has 0 aliphatic carbocycles. The molecule has 3 rings (SSSR count). The third kappa shape index (κ3) is 3.32. The first-order chi connectivity index (χ1) is 11.5. The van der Waals surface area contributed by atoms with E-state index in [4.69, 9.17) is 17.3 Å². The summed E-state index contributed by atoms with van der Waals surface area (Å²) in [5.41, 5.74) is 8.04. The van der Waals surface area contributed by atoms with Gasteiger partial charge in [-0.3, -0.25) is 9.59 Å². The highest BCUT2D eigenvalue weighted by molar-refractivity contribution is 9.10. The summed E-state index contributed by atoms with van der Waals surface area (Å²) in [5.74, 6) is -0.732. The van der Waals surface area contributed by atoms with Gasteiger partial charge in [-0.05, 0) is 35.7 Å². The van der Waals surface area contributed by atoms with Crippen LogP contribution in [0.3, 0.4) is 0 Å². The van der Waals surface area contributed by atoms with Gasteiger partial charge in [0.1, 0.15) is 6.54 Å². The molecular formula is C18H16BrClN2O2. The van der Waals surface area contributed by atoms with Gasteiger partial charge in [0.2, 0.25) is 11.8 Å². The van der Waals surface area contributed by atoms with Crippen LogP contribution in [-0.4, -0.2) is 23.2 Å². The highest BCUT2D eigenvalue weighted by atomic mass is 79.9. The molecule has 24 heavy (non-hydrogen) atoms. The molecule has 2 aromatic rings. The predicted octanol–water partition coefficient (Wildman–Crippen LogP) is 3.46. The lowest BCUT2D eigenvalue weighted by Gasteiger charge is -2.23. The van der Waals surface area contributed by atoms with Crippen LogP contribution in [0, 0.1) is 0 Å². The SMILES string of the molecule is NC(=O)CN1C(=O)C(Br)CC(c2ccccc2)c2cc(Cl)ccc21. The Morgan fingerprint density at radius 1 is 1.25 bits per heavy atom. The van der Waals surface area contributed by atoms with Gasteiger partial charge in [-0.25, -0.2) is 0 Å². The summed E-state index contributed by atoms with van der Waals surface area (Å²) in [5, 5.41) is 0.592. The van der Waals surface area contributed by atoms with Gasteiger partial charge < -0.3 is 10.6 Å². The molecular weight excluding hydrogens is 392 g/mol. The second-order valence-corrected chi connectivity index (χ2v) is 7.30. The Bertz CT molecular complexity index is 782. The zero-order valence-electron chi connectivity index (χ0n) is 12.8. The largest absolute Gasteiger partial charge is 0.368 e. The summed E-state index contributed by atoms with van der Waals surface area (Å²) in [6.07, 6.45) is 0.575. The maximum atomic E-state index is 12.7. The van der Waals surface area contributed by atoms with Crippen molar-refractivity contribution in [3.05, 3.63) is 64.7 Å². The molecule has 0 aromatic heterocycles. The number of hydrogen-bond donors (Lipinski definition) is 1. The zero-order chi connectivity index (χ0) is 17.3. The molecule has 2 unspecified atom stereocenters. The Hall–Kier alpha value is -1.85. The van der Waals surface area contributed by atoms with E-state index in [0.717, 1.165) is 11.1 Å². The lowest BCUT2D eigenvalue weighted by atomic mass is 9.87. The molecule has 0 saturated carbocycles. The number of anilines is 1. The van der Waals surface area contributed by atoms with Crippen LogP contribution >= 0.6 is 27.5 Å². The molecule has 4 nitrogen and oxygen atoms in total. The van der Waals surface area contributed by atoms with Crippen molar-refractivity contribution in [3.8, 4) is 0 Å². The number of alkyl halides is 1. The van der Waals surface area contributed by atoms with Crippen molar-refractivity contribution in [2.75, 3.05) is 11.4 Å². The summed E-state index contributed by atoms with van der Waals surface area (Å²) in [6, 6.07) is 15.3. The zero-order valence-corrected chi connectivity index (χ0v) is 15.1. The van der Waals surface area contributed by atoms with Crippen LogP contribution in [0.15, 0.2) is 48.5 Å². The molecule has 1 heterocycles. The summed E-state index contributed by atoms with van der Waals surface area (Å²) >= 11 is 9.68. The third-order valence-corrected chi connectivity index (χ3v) is 5.15. The molecule has 1 aliphatic rings. The molecule has 0 fully saturated rings. The summed E-state index contributed by atoms with van der Waals surface area (Å²) in [7, 11) is 0. The van der Waals surface area contributed by atoms with Gasteiger partial charge in [-0.1, -0.05) is 57.9 Å². The smallest absolute Gasteiger partial charge is 0.241 e. The number of amides is 2. The van der Waals surface area contributed by atoms with Gasteiger partial charge >= 0.3 is 0 Å². The standard InChI is InChI=1S/C18H16BrClN2O2/c19-15-9-13(11-4-2-1-3-5-11)14-8-12(20)6-7-16(14)22(18(15)24)10-17(21)23/h1-8,13,15H,9-10H2,(H2,21,23). The molecule has 124 valence electrons. The maximum absolute atomic E-state index is 12.7. The molecule has 2 N–H and O–H groups in total. The van der Waals surface area contributed by atoms with E-state index < -0.39 is 10.7 Å². The Morgan fingerprint density at radius 3 is 2.62 bits per heavy atom. The number of hydrogen-bond acceptors (Lipinski definition) is 2. The minimum atomic E-state index is -0.554.